The second kappa shape index (κ2) is 16.1. The lowest BCUT2D eigenvalue weighted by Gasteiger charge is -2.20. The van der Waals surface area contributed by atoms with Crippen molar-refractivity contribution in [3.05, 3.63) is 12.1 Å². The van der Waals surface area contributed by atoms with Gasteiger partial charge in [-0.05, 0) is 45.4 Å². The standard InChI is InChI=1S/C24H46N4O2/c1-6-11-14-26-24-22(25)19-21(29-17-12-15-27(7-2)8-3)20-23(24)30-18-13-16-28(9-4)10-5/h19-20,26H,6-18,25H2,1-5H3. The molecule has 174 valence electrons. The molecule has 30 heavy (non-hydrogen) atoms. The minimum absolute atomic E-state index is 0.670. The van der Waals surface area contributed by atoms with E-state index >= 15 is 0 Å². The van der Waals surface area contributed by atoms with Crippen molar-refractivity contribution < 1.29 is 9.47 Å². The molecule has 0 aliphatic rings. The van der Waals surface area contributed by atoms with Crippen LogP contribution in [0.1, 0.15) is 60.3 Å². The van der Waals surface area contributed by atoms with Gasteiger partial charge in [0.05, 0.1) is 18.9 Å². The molecule has 0 aliphatic heterocycles. The summed E-state index contributed by atoms with van der Waals surface area (Å²) in [6, 6.07) is 3.90. The Morgan fingerprint density at radius 2 is 1.37 bits per heavy atom. The Labute approximate surface area is 185 Å². The molecule has 0 fully saturated rings. The van der Waals surface area contributed by atoms with Crippen LogP contribution in [0.3, 0.4) is 0 Å². The molecule has 1 aromatic carbocycles. The van der Waals surface area contributed by atoms with Gasteiger partial charge in [-0.25, -0.2) is 0 Å². The van der Waals surface area contributed by atoms with Gasteiger partial charge in [-0.3, -0.25) is 0 Å². The fourth-order valence-corrected chi connectivity index (χ4v) is 3.42. The lowest BCUT2D eigenvalue weighted by Crippen LogP contribution is -2.25. The maximum atomic E-state index is 6.36. The quantitative estimate of drug-likeness (QED) is 0.264. The normalized spacial score (nSPS) is 11.3. The predicted molar refractivity (Wildman–Crippen MR) is 130 cm³/mol. The molecule has 3 N–H and O–H groups in total. The lowest BCUT2D eigenvalue weighted by atomic mass is 10.2. The van der Waals surface area contributed by atoms with Crippen LogP contribution in [-0.2, 0) is 0 Å². The number of ether oxygens (including phenoxy) is 2. The van der Waals surface area contributed by atoms with Gasteiger partial charge < -0.3 is 30.3 Å². The molecule has 0 atom stereocenters. The second-order valence-corrected chi connectivity index (χ2v) is 7.62. The minimum atomic E-state index is 0.670. The smallest absolute Gasteiger partial charge is 0.148 e. The van der Waals surface area contributed by atoms with Crippen LogP contribution in [0.4, 0.5) is 11.4 Å². The molecule has 0 aliphatic carbocycles. The Hall–Kier alpha value is -1.66. The Bertz CT molecular complexity index is 560. The van der Waals surface area contributed by atoms with Crippen molar-refractivity contribution >= 4 is 11.4 Å². The number of nitrogen functional groups attached to an aromatic ring is 1. The Balaban J connectivity index is 2.71. The molecule has 0 saturated carbocycles. The van der Waals surface area contributed by atoms with E-state index in [2.05, 4.69) is 49.7 Å². The molecular weight excluding hydrogens is 376 g/mol. The van der Waals surface area contributed by atoms with Crippen molar-refractivity contribution in [2.45, 2.75) is 60.3 Å². The first-order valence-corrected chi connectivity index (χ1v) is 12.0. The van der Waals surface area contributed by atoms with E-state index in [1.165, 1.54) is 0 Å². The van der Waals surface area contributed by atoms with Crippen LogP contribution in [0.25, 0.3) is 0 Å². The van der Waals surface area contributed by atoms with Crippen LogP contribution < -0.4 is 20.5 Å². The number of nitrogens with zero attached hydrogens (tertiary/aromatic N) is 2. The zero-order valence-corrected chi connectivity index (χ0v) is 20.1. The maximum absolute atomic E-state index is 6.36. The lowest BCUT2D eigenvalue weighted by molar-refractivity contribution is 0.243. The first kappa shape index (κ1) is 26.4. The minimum Gasteiger partial charge on any atom is -0.493 e. The van der Waals surface area contributed by atoms with Gasteiger partial charge in [0.25, 0.3) is 0 Å². The molecule has 0 radical (unpaired) electrons. The van der Waals surface area contributed by atoms with Crippen molar-refractivity contribution in [2.75, 3.05) is 70.1 Å². The van der Waals surface area contributed by atoms with Crippen molar-refractivity contribution in [1.82, 2.24) is 9.80 Å². The van der Waals surface area contributed by atoms with Crippen LogP contribution in [-0.4, -0.2) is 68.8 Å². The Kier molecular flexibility index (Phi) is 14.1. The van der Waals surface area contributed by atoms with E-state index in [1.54, 1.807) is 0 Å². The Morgan fingerprint density at radius 1 is 0.800 bits per heavy atom. The van der Waals surface area contributed by atoms with E-state index in [9.17, 15) is 0 Å². The van der Waals surface area contributed by atoms with Crippen LogP contribution in [0, 0.1) is 0 Å². The van der Waals surface area contributed by atoms with Gasteiger partial charge in [0, 0.05) is 31.8 Å². The van der Waals surface area contributed by atoms with Crippen LogP contribution in [0.5, 0.6) is 11.5 Å². The van der Waals surface area contributed by atoms with Crippen molar-refractivity contribution in [3.8, 4) is 11.5 Å². The molecular formula is C24H46N4O2. The monoisotopic (exact) mass is 422 g/mol. The first-order chi connectivity index (χ1) is 14.6. The third kappa shape index (κ3) is 9.90. The fraction of sp³-hybridized carbons (Fsp3) is 0.750. The van der Waals surface area contributed by atoms with Gasteiger partial charge >= 0.3 is 0 Å². The van der Waals surface area contributed by atoms with E-state index in [0.29, 0.717) is 18.9 Å². The summed E-state index contributed by atoms with van der Waals surface area (Å²) < 4.78 is 12.2. The number of hydrogen-bond donors (Lipinski definition) is 2. The second-order valence-electron chi connectivity index (χ2n) is 7.62. The average Bonchev–Trinajstić information content (AvgIpc) is 2.75. The topological polar surface area (TPSA) is 63.0 Å². The number of unbranched alkanes of at least 4 members (excludes halogenated alkanes) is 1. The summed E-state index contributed by atoms with van der Waals surface area (Å²) in [6.45, 7) is 19.6. The van der Waals surface area contributed by atoms with Crippen LogP contribution in [0.15, 0.2) is 12.1 Å². The molecule has 0 saturated heterocycles. The average molecular weight is 423 g/mol. The van der Waals surface area contributed by atoms with E-state index in [0.717, 1.165) is 88.7 Å². The highest BCUT2D eigenvalue weighted by molar-refractivity contribution is 5.75. The number of anilines is 2. The summed E-state index contributed by atoms with van der Waals surface area (Å²) in [5.41, 5.74) is 7.93. The van der Waals surface area contributed by atoms with E-state index in [1.807, 2.05) is 12.1 Å². The molecule has 1 rings (SSSR count). The van der Waals surface area contributed by atoms with Crippen molar-refractivity contribution in [1.29, 1.82) is 0 Å². The molecule has 0 heterocycles. The van der Waals surface area contributed by atoms with Crippen molar-refractivity contribution in [2.24, 2.45) is 0 Å². The van der Waals surface area contributed by atoms with Gasteiger partial charge in [0.1, 0.15) is 17.2 Å². The molecule has 1 aromatic rings. The number of benzene rings is 1. The summed E-state index contributed by atoms with van der Waals surface area (Å²) in [7, 11) is 0. The molecule has 0 aromatic heterocycles. The van der Waals surface area contributed by atoms with Gasteiger partial charge in [0.2, 0.25) is 0 Å². The van der Waals surface area contributed by atoms with E-state index in [4.69, 9.17) is 15.2 Å². The largest absolute Gasteiger partial charge is 0.493 e. The van der Waals surface area contributed by atoms with Gasteiger partial charge in [-0.1, -0.05) is 41.0 Å². The molecule has 0 spiro atoms. The predicted octanol–water partition coefficient (Wildman–Crippen LogP) is 4.70. The summed E-state index contributed by atoms with van der Waals surface area (Å²) >= 11 is 0. The number of rotatable bonds is 18. The summed E-state index contributed by atoms with van der Waals surface area (Å²) in [5, 5.41) is 3.46. The molecule has 0 amide bonds. The maximum Gasteiger partial charge on any atom is 0.148 e. The number of nitrogens with one attached hydrogen (secondary N) is 1. The fourth-order valence-electron chi connectivity index (χ4n) is 3.42. The summed E-state index contributed by atoms with van der Waals surface area (Å²) in [4.78, 5) is 4.82. The molecule has 6 heteroatoms. The summed E-state index contributed by atoms with van der Waals surface area (Å²) in [5.74, 6) is 1.58. The van der Waals surface area contributed by atoms with Crippen LogP contribution in [0.2, 0.25) is 0 Å². The highest BCUT2D eigenvalue weighted by Crippen LogP contribution is 2.36. The highest BCUT2D eigenvalue weighted by atomic mass is 16.5. The number of nitrogens with two attached hydrogens (primary N) is 1. The first-order valence-electron chi connectivity index (χ1n) is 12.0. The third-order valence-corrected chi connectivity index (χ3v) is 5.49. The van der Waals surface area contributed by atoms with Gasteiger partial charge in [-0.15, -0.1) is 0 Å². The number of hydrogen-bond acceptors (Lipinski definition) is 6. The molecule has 6 nitrogen and oxygen atoms in total. The van der Waals surface area contributed by atoms with E-state index in [-0.39, 0.29) is 0 Å². The Morgan fingerprint density at radius 3 is 1.90 bits per heavy atom. The van der Waals surface area contributed by atoms with Gasteiger partial charge in [0.15, 0.2) is 0 Å². The SMILES string of the molecule is CCCCNc1c(N)cc(OCCCN(CC)CC)cc1OCCCN(CC)CC. The van der Waals surface area contributed by atoms with E-state index < -0.39 is 0 Å². The summed E-state index contributed by atoms with van der Waals surface area (Å²) in [6.07, 6.45) is 4.23. The van der Waals surface area contributed by atoms with Gasteiger partial charge in [-0.2, -0.15) is 0 Å². The zero-order valence-electron chi connectivity index (χ0n) is 20.1. The third-order valence-electron chi connectivity index (χ3n) is 5.49. The zero-order chi connectivity index (χ0) is 22.2. The van der Waals surface area contributed by atoms with Crippen molar-refractivity contribution in [3.63, 3.8) is 0 Å². The highest BCUT2D eigenvalue weighted by Gasteiger charge is 2.12. The van der Waals surface area contributed by atoms with Crippen LogP contribution >= 0.6 is 0 Å². The molecule has 0 unspecified atom stereocenters. The molecule has 0 bridgehead atoms.